The van der Waals surface area contributed by atoms with E-state index in [0.717, 1.165) is 10.7 Å². The molecule has 0 bridgehead atoms. The van der Waals surface area contributed by atoms with E-state index in [1.165, 1.54) is 11.3 Å². The number of nitrogens with zero attached hydrogens (tertiary/aromatic N) is 4. The van der Waals surface area contributed by atoms with Crippen molar-refractivity contribution in [1.82, 2.24) is 15.2 Å². The minimum Gasteiger partial charge on any atom is -0.393 e. The van der Waals surface area contributed by atoms with Gasteiger partial charge in [-0.1, -0.05) is 17.4 Å². The zero-order chi connectivity index (χ0) is 13.3. The first-order valence-corrected chi connectivity index (χ1v) is 6.81. The molecule has 1 fully saturated rings. The van der Waals surface area contributed by atoms with E-state index in [2.05, 4.69) is 15.2 Å². The first-order valence-electron chi connectivity index (χ1n) is 6.00. The van der Waals surface area contributed by atoms with Crippen LogP contribution in [0, 0.1) is 0 Å². The van der Waals surface area contributed by atoms with Crippen molar-refractivity contribution in [3.05, 3.63) is 24.4 Å². The van der Waals surface area contributed by atoms with Crippen LogP contribution in [0.2, 0.25) is 0 Å². The number of aromatic nitrogens is 3. The molecule has 1 aliphatic rings. The number of anilines is 1. The number of hydrogen-bond acceptors (Lipinski definition) is 6. The summed E-state index contributed by atoms with van der Waals surface area (Å²) in [5.74, 6) is 0. The second-order valence-corrected chi connectivity index (χ2v) is 5.54. The Morgan fingerprint density at radius 1 is 1.42 bits per heavy atom. The highest BCUT2D eigenvalue weighted by atomic mass is 32.1. The summed E-state index contributed by atoms with van der Waals surface area (Å²) in [4.78, 5) is 6.03. The maximum atomic E-state index is 14.0. The first-order chi connectivity index (χ1) is 9.20. The van der Waals surface area contributed by atoms with Gasteiger partial charge in [-0.3, -0.25) is 4.98 Å². The minimum atomic E-state index is -1.52. The van der Waals surface area contributed by atoms with Crippen LogP contribution in [-0.2, 0) is 0 Å². The van der Waals surface area contributed by atoms with Gasteiger partial charge in [0.05, 0.1) is 13.2 Å². The lowest BCUT2D eigenvalue weighted by molar-refractivity contribution is 0.0910. The summed E-state index contributed by atoms with van der Waals surface area (Å²) in [6.07, 6.45) is 2.02. The summed E-state index contributed by atoms with van der Waals surface area (Å²) in [5, 5.41) is 18.6. The number of hydrogen-bond donors (Lipinski definition) is 1. The summed E-state index contributed by atoms with van der Waals surface area (Å²) in [6, 6.07) is 5.59. The van der Waals surface area contributed by atoms with Gasteiger partial charge >= 0.3 is 0 Å². The monoisotopic (exact) mass is 280 g/mol. The van der Waals surface area contributed by atoms with Gasteiger partial charge in [0.15, 0.2) is 10.7 Å². The van der Waals surface area contributed by atoms with E-state index in [1.807, 2.05) is 23.1 Å². The van der Waals surface area contributed by atoms with E-state index < -0.39 is 12.3 Å². The van der Waals surface area contributed by atoms with Crippen molar-refractivity contribution in [3.8, 4) is 10.7 Å². The van der Waals surface area contributed by atoms with Crippen molar-refractivity contribution in [2.75, 3.05) is 24.6 Å². The van der Waals surface area contributed by atoms with E-state index in [0.29, 0.717) is 18.1 Å². The molecule has 0 spiro atoms. The van der Waals surface area contributed by atoms with E-state index in [1.54, 1.807) is 6.20 Å². The van der Waals surface area contributed by atoms with Gasteiger partial charge in [0.2, 0.25) is 5.13 Å². The van der Waals surface area contributed by atoms with Gasteiger partial charge in [0, 0.05) is 19.2 Å². The average Bonchev–Trinajstić information content (AvgIpc) is 3.07. The molecule has 0 radical (unpaired) electrons. The molecule has 0 amide bonds. The van der Waals surface area contributed by atoms with E-state index >= 15 is 0 Å². The van der Waals surface area contributed by atoms with Crippen LogP contribution in [0.4, 0.5) is 9.52 Å². The lowest BCUT2D eigenvalue weighted by Crippen LogP contribution is -2.32. The summed E-state index contributed by atoms with van der Waals surface area (Å²) in [7, 11) is 0. The predicted octanol–water partition coefficient (Wildman–Crippen LogP) is 1.51. The van der Waals surface area contributed by atoms with Crippen LogP contribution in [0.25, 0.3) is 10.7 Å². The molecule has 2 aromatic rings. The zero-order valence-electron chi connectivity index (χ0n) is 10.2. The number of rotatable bonds is 3. The Hall–Kier alpha value is -1.60. The Labute approximate surface area is 113 Å². The molecule has 1 atom stereocenters. The van der Waals surface area contributed by atoms with Crippen molar-refractivity contribution in [2.45, 2.75) is 12.1 Å². The first kappa shape index (κ1) is 12.4. The van der Waals surface area contributed by atoms with Crippen LogP contribution in [0.15, 0.2) is 24.4 Å². The third-order valence-corrected chi connectivity index (χ3v) is 4.16. The highest BCUT2D eigenvalue weighted by Crippen LogP contribution is 2.33. The molecule has 19 heavy (non-hydrogen) atoms. The Morgan fingerprint density at radius 2 is 2.32 bits per heavy atom. The van der Waals surface area contributed by atoms with Crippen LogP contribution in [-0.4, -0.2) is 45.7 Å². The Bertz CT molecular complexity index is 564. The fourth-order valence-corrected chi connectivity index (χ4v) is 2.91. The lowest BCUT2D eigenvalue weighted by Gasteiger charge is -2.17. The second-order valence-electron chi connectivity index (χ2n) is 4.59. The standard InChI is InChI=1S/C12H13FN4OS/c13-12(8-18)4-6-17(7-12)11-16-15-10(19-11)9-3-1-2-5-14-9/h1-3,5,18H,4,6-8H2/t12-/m0/s1. The van der Waals surface area contributed by atoms with E-state index in [-0.39, 0.29) is 6.54 Å². The molecule has 1 N–H and O–H groups in total. The van der Waals surface area contributed by atoms with Crippen molar-refractivity contribution in [2.24, 2.45) is 0 Å². The normalized spacial score (nSPS) is 22.9. The van der Waals surface area contributed by atoms with Gasteiger partial charge in [-0.25, -0.2) is 4.39 Å². The third-order valence-electron chi connectivity index (χ3n) is 3.16. The maximum Gasteiger partial charge on any atom is 0.208 e. The number of aliphatic hydroxyl groups is 1. The van der Waals surface area contributed by atoms with Crippen LogP contribution >= 0.6 is 11.3 Å². The largest absolute Gasteiger partial charge is 0.393 e. The third kappa shape index (κ3) is 2.43. The van der Waals surface area contributed by atoms with Crippen molar-refractivity contribution >= 4 is 16.5 Å². The molecule has 5 nitrogen and oxygen atoms in total. The van der Waals surface area contributed by atoms with Crippen molar-refractivity contribution < 1.29 is 9.50 Å². The highest BCUT2D eigenvalue weighted by Gasteiger charge is 2.39. The maximum absolute atomic E-state index is 14.0. The molecule has 0 saturated carbocycles. The molecule has 0 aliphatic carbocycles. The van der Waals surface area contributed by atoms with Crippen LogP contribution < -0.4 is 4.90 Å². The van der Waals surface area contributed by atoms with Gasteiger partial charge in [-0.05, 0) is 12.1 Å². The SMILES string of the molecule is OC[C@]1(F)CCN(c2nnc(-c3ccccn3)s2)C1. The van der Waals surface area contributed by atoms with Gasteiger partial charge in [0.25, 0.3) is 0 Å². The molecule has 2 aromatic heterocycles. The smallest absolute Gasteiger partial charge is 0.208 e. The zero-order valence-corrected chi connectivity index (χ0v) is 11.0. The summed E-state index contributed by atoms with van der Waals surface area (Å²) in [5.41, 5.74) is -0.754. The Kier molecular flexibility index (Phi) is 3.16. The quantitative estimate of drug-likeness (QED) is 0.923. The molecule has 3 rings (SSSR count). The fourth-order valence-electron chi connectivity index (χ4n) is 2.06. The minimum absolute atomic E-state index is 0.167. The van der Waals surface area contributed by atoms with Crippen molar-refractivity contribution in [1.29, 1.82) is 0 Å². The number of alkyl halides is 1. The molecule has 7 heteroatoms. The van der Waals surface area contributed by atoms with Crippen LogP contribution in [0.1, 0.15) is 6.42 Å². The number of pyridine rings is 1. The van der Waals surface area contributed by atoms with Crippen LogP contribution in [0.3, 0.4) is 0 Å². The van der Waals surface area contributed by atoms with Crippen LogP contribution in [0.5, 0.6) is 0 Å². The Balaban J connectivity index is 1.80. The summed E-state index contributed by atoms with van der Waals surface area (Å²) in [6.45, 7) is 0.268. The predicted molar refractivity (Wildman–Crippen MR) is 70.9 cm³/mol. The molecular weight excluding hydrogens is 267 g/mol. The Morgan fingerprint density at radius 3 is 3.00 bits per heavy atom. The number of halogens is 1. The van der Waals surface area contributed by atoms with Gasteiger partial charge in [-0.2, -0.15) is 0 Å². The molecule has 0 unspecified atom stereocenters. The van der Waals surface area contributed by atoms with Gasteiger partial charge in [-0.15, -0.1) is 10.2 Å². The fraction of sp³-hybridized carbons (Fsp3) is 0.417. The molecule has 0 aromatic carbocycles. The molecule has 1 saturated heterocycles. The topological polar surface area (TPSA) is 62.1 Å². The van der Waals surface area contributed by atoms with E-state index in [9.17, 15) is 4.39 Å². The summed E-state index contributed by atoms with van der Waals surface area (Å²) < 4.78 is 14.0. The molecule has 100 valence electrons. The highest BCUT2D eigenvalue weighted by molar-refractivity contribution is 7.18. The van der Waals surface area contributed by atoms with Gasteiger partial charge in [0.1, 0.15) is 5.69 Å². The average molecular weight is 280 g/mol. The molecule has 3 heterocycles. The summed E-state index contributed by atoms with van der Waals surface area (Å²) >= 11 is 1.39. The second kappa shape index (κ2) is 4.82. The van der Waals surface area contributed by atoms with E-state index in [4.69, 9.17) is 5.11 Å². The van der Waals surface area contributed by atoms with Gasteiger partial charge < -0.3 is 10.0 Å². The molecule has 1 aliphatic heterocycles. The number of aliphatic hydroxyl groups excluding tert-OH is 1. The van der Waals surface area contributed by atoms with Crippen molar-refractivity contribution in [3.63, 3.8) is 0 Å². The lowest BCUT2D eigenvalue weighted by atomic mass is 10.1. The molecular formula is C12H13FN4OS.